The van der Waals surface area contributed by atoms with E-state index in [-0.39, 0.29) is 0 Å². The highest BCUT2D eigenvalue weighted by atomic mass is 16.6. The third-order valence-corrected chi connectivity index (χ3v) is 2.23. The lowest BCUT2D eigenvalue weighted by atomic mass is 10.1. The summed E-state index contributed by atoms with van der Waals surface area (Å²) in [6.45, 7) is 3.57. The molecule has 0 aromatic rings. The SMILES string of the molecule is COC(C)(C)O.OCC1CCCC1. The van der Waals surface area contributed by atoms with Crippen molar-refractivity contribution in [3.63, 3.8) is 0 Å². The van der Waals surface area contributed by atoms with Gasteiger partial charge in [-0.2, -0.15) is 0 Å². The molecule has 0 unspecified atom stereocenters. The number of rotatable bonds is 2. The van der Waals surface area contributed by atoms with Crippen LogP contribution >= 0.6 is 0 Å². The van der Waals surface area contributed by atoms with Gasteiger partial charge in [0.05, 0.1) is 0 Å². The summed E-state index contributed by atoms with van der Waals surface area (Å²) in [6.07, 6.45) is 5.20. The van der Waals surface area contributed by atoms with Gasteiger partial charge in [0.1, 0.15) is 0 Å². The standard InChI is InChI=1S/C6H12O.C4H10O2/c7-5-6-3-1-2-4-6;1-4(2,5)6-3/h6-7H,1-5H2;5H,1-3H3. The molecule has 1 aliphatic carbocycles. The van der Waals surface area contributed by atoms with E-state index in [0.29, 0.717) is 12.5 Å². The number of methoxy groups -OCH3 is 1. The van der Waals surface area contributed by atoms with Crippen molar-refractivity contribution in [3.8, 4) is 0 Å². The maximum Gasteiger partial charge on any atom is 0.159 e. The summed E-state index contributed by atoms with van der Waals surface area (Å²) in [5.41, 5.74) is 0. The van der Waals surface area contributed by atoms with Gasteiger partial charge in [-0.1, -0.05) is 12.8 Å². The van der Waals surface area contributed by atoms with Crippen molar-refractivity contribution >= 4 is 0 Å². The largest absolute Gasteiger partial charge is 0.396 e. The van der Waals surface area contributed by atoms with Crippen molar-refractivity contribution in [1.82, 2.24) is 0 Å². The van der Waals surface area contributed by atoms with Gasteiger partial charge in [0, 0.05) is 13.7 Å². The first-order valence-electron chi connectivity index (χ1n) is 4.88. The smallest absolute Gasteiger partial charge is 0.159 e. The predicted octanol–water partition coefficient (Wildman–Crippen LogP) is 1.53. The van der Waals surface area contributed by atoms with Gasteiger partial charge >= 0.3 is 0 Å². The molecule has 0 aromatic heterocycles. The molecule has 0 aliphatic heterocycles. The normalized spacial score (nSPS) is 18.2. The van der Waals surface area contributed by atoms with Gasteiger partial charge in [0.2, 0.25) is 0 Å². The Labute approximate surface area is 80.7 Å². The lowest BCUT2D eigenvalue weighted by Gasteiger charge is -2.12. The second-order valence-corrected chi connectivity index (χ2v) is 3.98. The van der Waals surface area contributed by atoms with Crippen LogP contribution < -0.4 is 0 Å². The van der Waals surface area contributed by atoms with E-state index < -0.39 is 5.79 Å². The molecule has 1 rings (SSSR count). The maximum absolute atomic E-state index is 8.60. The van der Waals surface area contributed by atoms with E-state index in [1.165, 1.54) is 32.8 Å². The van der Waals surface area contributed by atoms with E-state index in [1.807, 2.05) is 0 Å². The van der Waals surface area contributed by atoms with E-state index in [1.54, 1.807) is 13.8 Å². The summed E-state index contributed by atoms with van der Waals surface area (Å²) in [6, 6.07) is 0. The Morgan fingerprint density at radius 1 is 1.31 bits per heavy atom. The van der Waals surface area contributed by atoms with Crippen LogP contribution in [0.2, 0.25) is 0 Å². The summed E-state index contributed by atoms with van der Waals surface area (Å²) in [7, 11) is 1.46. The third kappa shape index (κ3) is 8.22. The van der Waals surface area contributed by atoms with Gasteiger partial charge in [-0.05, 0) is 32.6 Å². The van der Waals surface area contributed by atoms with Gasteiger partial charge < -0.3 is 14.9 Å². The topological polar surface area (TPSA) is 49.7 Å². The summed E-state index contributed by atoms with van der Waals surface area (Å²) in [4.78, 5) is 0. The minimum atomic E-state index is -0.958. The molecule has 1 aliphatic rings. The van der Waals surface area contributed by atoms with E-state index in [4.69, 9.17) is 10.2 Å². The van der Waals surface area contributed by atoms with Crippen molar-refractivity contribution in [2.24, 2.45) is 5.92 Å². The van der Waals surface area contributed by atoms with Crippen LogP contribution in [-0.2, 0) is 4.74 Å². The van der Waals surface area contributed by atoms with Crippen LogP contribution in [0.25, 0.3) is 0 Å². The maximum atomic E-state index is 8.60. The minimum Gasteiger partial charge on any atom is -0.396 e. The zero-order valence-electron chi connectivity index (χ0n) is 8.92. The quantitative estimate of drug-likeness (QED) is 0.649. The molecule has 3 nitrogen and oxygen atoms in total. The Hall–Kier alpha value is -0.120. The zero-order chi connectivity index (χ0) is 10.3. The highest BCUT2D eigenvalue weighted by Crippen LogP contribution is 2.23. The molecule has 0 amide bonds. The molecule has 0 heterocycles. The van der Waals surface area contributed by atoms with Crippen molar-refractivity contribution in [2.75, 3.05) is 13.7 Å². The Morgan fingerprint density at radius 3 is 1.85 bits per heavy atom. The number of aliphatic hydroxyl groups excluding tert-OH is 1. The molecule has 2 N–H and O–H groups in total. The Morgan fingerprint density at radius 2 is 1.69 bits per heavy atom. The zero-order valence-corrected chi connectivity index (χ0v) is 8.92. The fourth-order valence-electron chi connectivity index (χ4n) is 1.19. The summed E-state index contributed by atoms with van der Waals surface area (Å²) >= 11 is 0. The monoisotopic (exact) mass is 190 g/mol. The molecule has 0 spiro atoms. The van der Waals surface area contributed by atoms with E-state index >= 15 is 0 Å². The molecular formula is C10H22O3. The molecule has 80 valence electrons. The fourth-order valence-corrected chi connectivity index (χ4v) is 1.19. The fraction of sp³-hybridized carbons (Fsp3) is 1.00. The molecule has 13 heavy (non-hydrogen) atoms. The van der Waals surface area contributed by atoms with Crippen molar-refractivity contribution in [3.05, 3.63) is 0 Å². The average molecular weight is 190 g/mol. The second-order valence-electron chi connectivity index (χ2n) is 3.98. The Balaban J connectivity index is 0.000000226. The number of hydrogen-bond donors (Lipinski definition) is 2. The molecule has 0 bridgehead atoms. The first-order valence-corrected chi connectivity index (χ1v) is 4.88. The molecule has 0 atom stereocenters. The van der Waals surface area contributed by atoms with Gasteiger partial charge in [0.25, 0.3) is 0 Å². The Bertz CT molecular complexity index is 112. The third-order valence-electron chi connectivity index (χ3n) is 2.23. The summed E-state index contributed by atoms with van der Waals surface area (Å²) in [5.74, 6) is -0.306. The highest BCUT2D eigenvalue weighted by Gasteiger charge is 2.12. The molecule has 1 fully saturated rings. The lowest BCUT2D eigenvalue weighted by molar-refractivity contribution is -0.155. The van der Waals surface area contributed by atoms with E-state index in [0.717, 1.165) is 0 Å². The number of hydrogen-bond acceptors (Lipinski definition) is 3. The average Bonchev–Trinajstić information content (AvgIpc) is 2.56. The number of aliphatic hydroxyl groups is 2. The van der Waals surface area contributed by atoms with Crippen molar-refractivity contribution < 1.29 is 14.9 Å². The highest BCUT2D eigenvalue weighted by molar-refractivity contribution is 4.64. The first kappa shape index (κ1) is 12.9. The lowest BCUT2D eigenvalue weighted by Crippen LogP contribution is -2.20. The van der Waals surface area contributed by atoms with E-state index in [9.17, 15) is 0 Å². The predicted molar refractivity (Wildman–Crippen MR) is 52.4 cm³/mol. The van der Waals surface area contributed by atoms with Gasteiger partial charge in [0.15, 0.2) is 5.79 Å². The van der Waals surface area contributed by atoms with Crippen molar-refractivity contribution in [1.29, 1.82) is 0 Å². The molecule has 0 radical (unpaired) electrons. The van der Waals surface area contributed by atoms with Gasteiger partial charge in [-0.15, -0.1) is 0 Å². The van der Waals surface area contributed by atoms with Crippen LogP contribution in [0.3, 0.4) is 0 Å². The molecule has 0 aromatic carbocycles. The summed E-state index contributed by atoms with van der Waals surface area (Å²) in [5, 5.41) is 17.2. The van der Waals surface area contributed by atoms with Crippen LogP contribution in [0.4, 0.5) is 0 Å². The molecule has 3 heteroatoms. The van der Waals surface area contributed by atoms with Crippen LogP contribution in [0.5, 0.6) is 0 Å². The van der Waals surface area contributed by atoms with Crippen molar-refractivity contribution in [2.45, 2.75) is 45.3 Å². The summed E-state index contributed by atoms with van der Waals surface area (Å²) < 4.78 is 4.49. The van der Waals surface area contributed by atoms with E-state index in [2.05, 4.69) is 4.74 Å². The number of ether oxygens (including phenoxy) is 1. The second kappa shape index (κ2) is 6.35. The van der Waals surface area contributed by atoms with Crippen LogP contribution in [-0.4, -0.2) is 29.7 Å². The Kier molecular flexibility index (Phi) is 6.29. The van der Waals surface area contributed by atoms with Crippen LogP contribution in [0.1, 0.15) is 39.5 Å². The van der Waals surface area contributed by atoms with Crippen LogP contribution in [0, 0.1) is 5.92 Å². The molecular weight excluding hydrogens is 168 g/mol. The molecule has 0 saturated heterocycles. The van der Waals surface area contributed by atoms with Crippen LogP contribution in [0.15, 0.2) is 0 Å². The van der Waals surface area contributed by atoms with Gasteiger partial charge in [-0.3, -0.25) is 0 Å². The van der Waals surface area contributed by atoms with Gasteiger partial charge in [-0.25, -0.2) is 0 Å². The first-order chi connectivity index (χ1) is 5.99. The molecule has 1 saturated carbocycles. The minimum absolute atomic E-state index is 0.417.